The normalized spacial score (nSPS) is 12.7. The van der Waals surface area contributed by atoms with Crippen molar-refractivity contribution in [1.29, 1.82) is 0 Å². The number of amides is 1. The van der Waals surface area contributed by atoms with Crippen molar-refractivity contribution in [3.8, 4) is 11.5 Å². The number of ether oxygens (including phenoxy) is 1. The van der Waals surface area contributed by atoms with Crippen LogP contribution in [0.2, 0.25) is 0 Å². The summed E-state index contributed by atoms with van der Waals surface area (Å²) in [7, 11) is 0. The number of likely N-dealkylation sites (N-methyl/N-ethyl adjacent to an activating group) is 1. The third-order valence-electron chi connectivity index (χ3n) is 6.04. The second kappa shape index (κ2) is 9.80. The summed E-state index contributed by atoms with van der Waals surface area (Å²) in [6.07, 6.45) is 0. The van der Waals surface area contributed by atoms with Gasteiger partial charge in [-0.15, -0.1) is 0 Å². The monoisotopic (exact) mass is 414 g/mol. The van der Waals surface area contributed by atoms with Crippen molar-refractivity contribution in [3.05, 3.63) is 95.6 Å². The average Bonchev–Trinajstić information content (AvgIpc) is 2.82. The van der Waals surface area contributed by atoms with Gasteiger partial charge in [-0.1, -0.05) is 80.6 Å². The minimum atomic E-state index is -0.360. The molecule has 0 aliphatic carbocycles. The Bertz CT molecular complexity index is 969. The van der Waals surface area contributed by atoms with Crippen LogP contribution in [0.15, 0.2) is 78.9 Å². The zero-order chi connectivity index (χ0) is 21.6. The lowest BCUT2D eigenvalue weighted by atomic mass is 9.86. The van der Waals surface area contributed by atoms with Crippen molar-refractivity contribution >= 4 is 5.91 Å². The number of carbonyl (C=O) groups excluding carboxylic acids is 1. The molecular weight excluding hydrogens is 384 g/mol. The number of fused-ring (bicyclic) bond motifs is 2. The van der Waals surface area contributed by atoms with Gasteiger partial charge in [0, 0.05) is 30.8 Å². The highest BCUT2D eigenvalue weighted by atomic mass is 16.5. The lowest BCUT2D eigenvalue weighted by Crippen LogP contribution is -2.41. The highest BCUT2D eigenvalue weighted by Gasteiger charge is 2.35. The fourth-order valence-electron chi connectivity index (χ4n) is 4.23. The van der Waals surface area contributed by atoms with Crippen molar-refractivity contribution in [2.75, 3.05) is 26.2 Å². The SMILES string of the molecule is CCN(CC)CCN(Cc1ccccc1)C(=O)C1c2ccccc2Oc2ccccc21. The molecule has 1 aliphatic heterocycles. The largest absolute Gasteiger partial charge is 0.457 e. The first-order chi connectivity index (χ1) is 15.2. The predicted octanol–water partition coefficient (Wildman–Crippen LogP) is 5.29. The molecule has 31 heavy (non-hydrogen) atoms. The molecule has 0 unspecified atom stereocenters. The van der Waals surface area contributed by atoms with Gasteiger partial charge < -0.3 is 14.5 Å². The number of para-hydroxylation sites is 2. The number of nitrogens with zero attached hydrogens (tertiary/aromatic N) is 2. The maximum atomic E-state index is 14.1. The van der Waals surface area contributed by atoms with Crippen molar-refractivity contribution in [3.63, 3.8) is 0 Å². The molecule has 3 aromatic rings. The molecule has 0 spiro atoms. The van der Waals surface area contributed by atoms with E-state index in [4.69, 9.17) is 4.74 Å². The first-order valence-corrected chi connectivity index (χ1v) is 11.1. The van der Waals surface area contributed by atoms with Crippen LogP contribution in [-0.4, -0.2) is 41.9 Å². The second-order valence-corrected chi connectivity index (χ2v) is 7.88. The predicted molar refractivity (Wildman–Crippen MR) is 124 cm³/mol. The molecule has 1 amide bonds. The Labute approximate surface area is 185 Å². The van der Waals surface area contributed by atoms with Gasteiger partial charge in [0.25, 0.3) is 0 Å². The van der Waals surface area contributed by atoms with E-state index in [1.807, 2.05) is 71.6 Å². The topological polar surface area (TPSA) is 32.8 Å². The molecule has 0 aromatic heterocycles. The van der Waals surface area contributed by atoms with E-state index in [9.17, 15) is 4.79 Å². The molecule has 4 nitrogen and oxygen atoms in total. The maximum Gasteiger partial charge on any atom is 0.235 e. The summed E-state index contributed by atoms with van der Waals surface area (Å²) < 4.78 is 6.11. The molecule has 0 radical (unpaired) electrons. The molecule has 4 heteroatoms. The Balaban J connectivity index is 1.69. The van der Waals surface area contributed by atoms with Crippen molar-refractivity contribution in [2.24, 2.45) is 0 Å². The van der Waals surface area contributed by atoms with Gasteiger partial charge in [-0.2, -0.15) is 0 Å². The molecule has 0 atom stereocenters. The van der Waals surface area contributed by atoms with Gasteiger partial charge >= 0.3 is 0 Å². The zero-order valence-electron chi connectivity index (χ0n) is 18.3. The van der Waals surface area contributed by atoms with E-state index in [1.54, 1.807) is 0 Å². The van der Waals surface area contributed by atoms with Crippen LogP contribution in [0, 0.1) is 0 Å². The lowest BCUT2D eigenvalue weighted by molar-refractivity contribution is -0.132. The van der Waals surface area contributed by atoms with Crippen LogP contribution in [0.3, 0.4) is 0 Å². The van der Waals surface area contributed by atoms with E-state index in [0.717, 1.165) is 47.8 Å². The van der Waals surface area contributed by atoms with Crippen LogP contribution in [0.4, 0.5) is 0 Å². The number of benzene rings is 3. The minimum Gasteiger partial charge on any atom is -0.457 e. The summed E-state index contributed by atoms with van der Waals surface area (Å²) in [5, 5.41) is 0. The lowest BCUT2D eigenvalue weighted by Gasteiger charge is -2.33. The number of hydrogen-bond acceptors (Lipinski definition) is 3. The van der Waals surface area contributed by atoms with Gasteiger partial charge in [0.05, 0.1) is 5.92 Å². The molecule has 0 fully saturated rings. The van der Waals surface area contributed by atoms with Gasteiger partial charge in [-0.3, -0.25) is 4.79 Å². The van der Waals surface area contributed by atoms with Crippen LogP contribution in [0.1, 0.15) is 36.5 Å². The molecule has 0 N–H and O–H groups in total. The molecule has 160 valence electrons. The Hall–Kier alpha value is -3.11. The van der Waals surface area contributed by atoms with Crippen molar-refractivity contribution in [1.82, 2.24) is 9.80 Å². The average molecular weight is 415 g/mol. The Morgan fingerprint density at radius 3 is 1.90 bits per heavy atom. The van der Waals surface area contributed by atoms with E-state index in [1.165, 1.54) is 0 Å². The minimum absolute atomic E-state index is 0.124. The maximum absolute atomic E-state index is 14.1. The third-order valence-corrected chi connectivity index (χ3v) is 6.04. The van der Waals surface area contributed by atoms with Gasteiger partial charge in [0.15, 0.2) is 0 Å². The number of carbonyl (C=O) groups is 1. The molecule has 0 bridgehead atoms. The molecule has 0 saturated carbocycles. The third kappa shape index (κ3) is 4.64. The zero-order valence-corrected chi connectivity index (χ0v) is 18.3. The van der Waals surface area contributed by atoms with Crippen LogP contribution in [0.5, 0.6) is 11.5 Å². The molecular formula is C27H30N2O2. The fourth-order valence-corrected chi connectivity index (χ4v) is 4.23. The molecule has 0 saturated heterocycles. The fraction of sp³-hybridized carbons (Fsp3) is 0.296. The smallest absolute Gasteiger partial charge is 0.235 e. The summed E-state index contributed by atoms with van der Waals surface area (Å²) in [4.78, 5) is 18.4. The van der Waals surface area contributed by atoms with Crippen LogP contribution in [-0.2, 0) is 11.3 Å². The molecule has 1 heterocycles. The summed E-state index contributed by atoms with van der Waals surface area (Å²) in [5.41, 5.74) is 3.02. The Kier molecular flexibility index (Phi) is 6.68. The molecule has 1 aliphatic rings. The first kappa shape index (κ1) is 21.1. The van der Waals surface area contributed by atoms with Gasteiger partial charge in [0.2, 0.25) is 5.91 Å². The van der Waals surface area contributed by atoms with E-state index < -0.39 is 0 Å². The van der Waals surface area contributed by atoms with Crippen molar-refractivity contribution < 1.29 is 9.53 Å². The van der Waals surface area contributed by atoms with E-state index in [2.05, 4.69) is 30.9 Å². The first-order valence-electron chi connectivity index (χ1n) is 11.1. The van der Waals surface area contributed by atoms with Crippen molar-refractivity contribution in [2.45, 2.75) is 26.3 Å². The van der Waals surface area contributed by atoms with Crippen LogP contribution in [0.25, 0.3) is 0 Å². The Morgan fingerprint density at radius 2 is 1.32 bits per heavy atom. The van der Waals surface area contributed by atoms with Gasteiger partial charge in [-0.25, -0.2) is 0 Å². The van der Waals surface area contributed by atoms with Crippen LogP contribution >= 0.6 is 0 Å². The summed E-state index contributed by atoms with van der Waals surface area (Å²) in [6.45, 7) is 8.44. The Morgan fingerprint density at radius 1 is 0.774 bits per heavy atom. The molecule has 3 aromatic carbocycles. The van der Waals surface area contributed by atoms with E-state index >= 15 is 0 Å². The number of hydrogen-bond donors (Lipinski definition) is 0. The van der Waals surface area contributed by atoms with E-state index in [0.29, 0.717) is 13.1 Å². The summed E-state index contributed by atoms with van der Waals surface area (Å²) >= 11 is 0. The van der Waals surface area contributed by atoms with E-state index in [-0.39, 0.29) is 11.8 Å². The molecule has 4 rings (SSSR count). The highest BCUT2D eigenvalue weighted by molar-refractivity contribution is 5.89. The summed E-state index contributed by atoms with van der Waals surface area (Å²) in [5.74, 6) is 1.30. The van der Waals surface area contributed by atoms with Crippen LogP contribution < -0.4 is 4.74 Å². The summed E-state index contributed by atoms with van der Waals surface area (Å²) in [6, 6.07) is 26.0. The quantitative estimate of drug-likeness (QED) is 0.502. The standard InChI is InChI=1S/C27H30N2O2/c1-3-28(4-2)18-19-29(20-21-12-6-5-7-13-21)27(30)26-22-14-8-10-16-24(22)31-25-17-11-9-15-23(25)26/h5-17,26H,3-4,18-20H2,1-2H3. The highest BCUT2D eigenvalue weighted by Crippen LogP contribution is 2.44. The second-order valence-electron chi connectivity index (χ2n) is 7.88. The number of rotatable bonds is 8. The van der Waals surface area contributed by atoms with Gasteiger partial charge in [-0.05, 0) is 30.8 Å². The van der Waals surface area contributed by atoms with Gasteiger partial charge in [0.1, 0.15) is 11.5 Å².